The van der Waals surface area contributed by atoms with E-state index >= 15 is 0 Å². The Morgan fingerprint density at radius 3 is 2.93 bits per heavy atom. The van der Waals surface area contributed by atoms with Crippen molar-refractivity contribution in [3.8, 4) is 0 Å². The maximum Gasteiger partial charge on any atom is 0.152 e. The van der Waals surface area contributed by atoms with Gasteiger partial charge in [0.05, 0.1) is 13.2 Å². The molecule has 15 heavy (non-hydrogen) atoms. The van der Waals surface area contributed by atoms with E-state index in [0.29, 0.717) is 25.0 Å². The van der Waals surface area contributed by atoms with E-state index < -0.39 is 0 Å². The standard InChI is InChI=1S/C11H21NO2S/c1-9(8-15-3)12(2)6-11(13)10-4-5-14-7-10/h9-10H,4-8H2,1-3H3. The number of thioether (sulfide) groups is 1. The fourth-order valence-electron chi connectivity index (χ4n) is 1.69. The van der Waals surface area contributed by atoms with Gasteiger partial charge in [0, 0.05) is 24.3 Å². The number of carbonyl (C=O) groups is 1. The number of Topliss-reactive ketones (excluding diaryl/α,β-unsaturated/α-hetero) is 1. The molecule has 0 aromatic heterocycles. The summed E-state index contributed by atoms with van der Waals surface area (Å²) in [6.07, 6.45) is 3.00. The van der Waals surface area contributed by atoms with Gasteiger partial charge < -0.3 is 4.74 Å². The van der Waals surface area contributed by atoms with E-state index in [1.165, 1.54) is 0 Å². The van der Waals surface area contributed by atoms with E-state index in [-0.39, 0.29) is 5.92 Å². The van der Waals surface area contributed by atoms with Crippen molar-refractivity contribution in [2.24, 2.45) is 5.92 Å². The summed E-state index contributed by atoms with van der Waals surface area (Å²) in [7, 11) is 2.02. The molecule has 0 spiro atoms. The lowest BCUT2D eigenvalue weighted by atomic mass is 10.0. The number of hydrogen-bond acceptors (Lipinski definition) is 4. The fourth-order valence-corrected chi connectivity index (χ4v) is 2.42. The lowest BCUT2D eigenvalue weighted by Crippen LogP contribution is -2.37. The van der Waals surface area contributed by atoms with Gasteiger partial charge in [0.1, 0.15) is 0 Å². The first-order valence-electron chi connectivity index (χ1n) is 5.44. The summed E-state index contributed by atoms with van der Waals surface area (Å²) in [4.78, 5) is 14.0. The minimum Gasteiger partial charge on any atom is -0.381 e. The number of likely N-dealkylation sites (N-methyl/N-ethyl adjacent to an activating group) is 1. The molecule has 0 aliphatic carbocycles. The first-order chi connectivity index (χ1) is 7.15. The van der Waals surface area contributed by atoms with Crippen LogP contribution in [0.25, 0.3) is 0 Å². The van der Waals surface area contributed by atoms with Crippen LogP contribution < -0.4 is 0 Å². The smallest absolute Gasteiger partial charge is 0.152 e. The highest BCUT2D eigenvalue weighted by Crippen LogP contribution is 2.14. The van der Waals surface area contributed by atoms with Crippen LogP contribution in [0.4, 0.5) is 0 Å². The van der Waals surface area contributed by atoms with Crippen LogP contribution in [-0.2, 0) is 9.53 Å². The van der Waals surface area contributed by atoms with Crippen LogP contribution in [0.3, 0.4) is 0 Å². The Morgan fingerprint density at radius 1 is 1.67 bits per heavy atom. The van der Waals surface area contributed by atoms with Crippen LogP contribution >= 0.6 is 11.8 Å². The fraction of sp³-hybridized carbons (Fsp3) is 0.909. The molecule has 0 radical (unpaired) electrons. The summed E-state index contributed by atoms with van der Waals surface area (Å²) in [6, 6.07) is 0.464. The Bertz CT molecular complexity index is 205. The van der Waals surface area contributed by atoms with Crippen molar-refractivity contribution in [2.75, 3.05) is 38.8 Å². The highest BCUT2D eigenvalue weighted by molar-refractivity contribution is 7.98. The summed E-state index contributed by atoms with van der Waals surface area (Å²) in [5, 5.41) is 0. The first kappa shape index (κ1) is 13.0. The van der Waals surface area contributed by atoms with Crippen molar-refractivity contribution in [1.29, 1.82) is 0 Å². The lowest BCUT2D eigenvalue weighted by molar-refractivity contribution is -0.124. The molecule has 0 saturated carbocycles. The van der Waals surface area contributed by atoms with E-state index in [9.17, 15) is 4.79 Å². The van der Waals surface area contributed by atoms with Gasteiger partial charge in [0.15, 0.2) is 5.78 Å². The van der Waals surface area contributed by atoms with Crippen LogP contribution in [0, 0.1) is 5.92 Å². The molecule has 1 heterocycles. The normalized spacial score (nSPS) is 23.3. The number of nitrogens with zero attached hydrogens (tertiary/aromatic N) is 1. The zero-order valence-corrected chi connectivity index (χ0v) is 10.7. The summed E-state index contributed by atoms with van der Waals surface area (Å²) in [5.74, 6) is 1.56. The van der Waals surface area contributed by atoms with E-state index in [4.69, 9.17) is 4.74 Å². The average molecular weight is 231 g/mol. The minimum atomic E-state index is 0.147. The largest absolute Gasteiger partial charge is 0.381 e. The molecular formula is C11H21NO2S. The van der Waals surface area contributed by atoms with Gasteiger partial charge in [-0.2, -0.15) is 11.8 Å². The molecule has 1 fully saturated rings. The zero-order chi connectivity index (χ0) is 11.3. The van der Waals surface area contributed by atoms with Gasteiger partial charge in [-0.3, -0.25) is 9.69 Å². The molecule has 88 valence electrons. The summed E-state index contributed by atoms with van der Waals surface area (Å²) < 4.78 is 5.22. The van der Waals surface area contributed by atoms with Gasteiger partial charge in [0.2, 0.25) is 0 Å². The average Bonchev–Trinajstić information content (AvgIpc) is 2.70. The van der Waals surface area contributed by atoms with Crippen molar-refractivity contribution in [3.05, 3.63) is 0 Å². The van der Waals surface area contributed by atoms with Crippen LogP contribution in [0.1, 0.15) is 13.3 Å². The topological polar surface area (TPSA) is 29.5 Å². The van der Waals surface area contributed by atoms with Crippen molar-refractivity contribution in [1.82, 2.24) is 4.90 Å². The number of ether oxygens (including phenoxy) is 1. The first-order valence-corrected chi connectivity index (χ1v) is 6.84. The Hall–Kier alpha value is -0.0600. The lowest BCUT2D eigenvalue weighted by Gasteiger charge is -2.24. The molecule has 0 aromatic carbocycles. The molecule has 0 aromatic rings. The molecule has 1 aliphatic rings. The molecule has 1 aliphatic heterocycles. The highest BCUT2D eigenvalue weighted by atomic mass is 32.2. The van der Waals surface area contributed by atoms with Gasteiger partial charge in [-0.15, -0.1) is 0 Å². The van der Waals surface area contributed by atoms with E-state index in [1.54, 1.807) is 0 Å². The van der Waals surface area contributed by atoms with Gasteiger partial charge in [0.25, 0.3) is 0 Å². The minimum absolute atomic E-state index is 0.147. The number of carbonyl (C=O) groups excluding carboxylic acids is 1. The van der Waals surface area contributed by atoms with Crippen LogP contribution in [0.5, 0.6) is 0 Å². The van der Waals surface area contributed by atoms with Gasteiger partial charge in [-0.1, -0.05) is 0 Å². The molecular weight excluding hydrogens is 210 g/mol. The second-order valence-corrected chi connectivity index (χ2v) is 5.16. The molecule has 0 N–H and O–H groups in total. The second kappa shape index (κ2) is 6.51. The predicted octanol–water partition coefficient (Wildman–Crippen LogP) is 1.28. The third-order valence-corrected chi connectivity index (χ3v) is 3.77. The maximum atomic E-state index is 11.8. The Balaban J connectivity index is 2.29. The van der Waals surface area contributed by atoms with Crippen LogP contribution in [0.15, 0.2) is 0 Å². The van der Waals surface area contributed by atoms with Crippen molar-refractivity contribution in [2.45, 2.75) is 19.4 Å². The quantitative estimate of drug-likeness (QED) is 0.688. The zero-order valence-electron chi connectivity index (χ0n) is 9.86. The molecule has 2 atom stereocenters. The molecule has 4 heteroatoms. The molecule has 3 nitrogen and oxygen atoms in total. The monoisotopic (exact) mass is 231 g/mol. The summed E-state index contributed by atoms with van der Waals surface area (Å²) >= 11 is 1.82. The number of rotatable bonds is 6. The number of ketones is 1. The Kier molecular flexibility index (Phi) is 5.64. The van der Waals surface area contributed by atoms with Gasteiger partial charge in [-0.25, -0.2) is 0 Å². The number of hydrogen-bond donors (Lipinski definition) is 0. The molecule has 1 rings (SSSR count). The molecule has 0 amide bonds. The van der Waals surface area contributed by atoms with Crippen LogP contribution in [-0.4, -0.2) is 55.5 Å². The van der Waals surface area contributed by atoms with E-state index in [2.05, 4.69) is 18.1 Å². The third-order valence-electron chi connectivity index (χ3n) is 2.95. The predicted molar refractivity (Wildman–Crippen MR) is 64.4 cm³/mol. The Morgan fingerprint density at radius 2 is 2.40 bits per heavy atom. The van der Waals surface area contributed by atoms with Crippen molar-refractivity contribution in [3.63, 3.8) is 0 Å². The maximum absolute atomic E-state index is 11.8. The Labute approximate surface area is 96.5 Å². The van der Waals surface area contributed by atoms with Gasteiger partial charge >= 0.3 is 0 Å². The van der Waals surface area contributed by atoms with Crippen molar-refractivity contribution >= 4 is 17.5 Å². The molecule has 2 unspecified atom stereocenters. The van der Waals surface area contributed by atoms with Crippen molar-refractivity contribution < 1.29 is 9.53 Å². The summed E-state index contributed by atoms with van der Waals surface area (Å²) in [5.41, 5.74) is 0. The van der Waals surface area contributed by atoms with E-state index in [0.717, 1.165) is 18.8 Å². The SMILES string of the molecule is CSCC(C)N(C)CC(=O)C1CCOC1. The molecule has 1 saturated heterocycles. The molecule has 0 bridgehead atoms. The van der Waals surface area contributed by atoms with E-state index in [1.807, 2.05) is 18.8 Å². The van der Waals surface area contributed by atoms with Crippen LogP contribution in [0.2, 0.25) is 0 Å². The highest BCUT2D eigenvalue weighted by Gasteiger charge is 2.25. The summed E-state index contributed by atoms with van der Waals surface area (Å²) in [6.45, 7) is 4.11. The van der Waals surface area contributed by atoms with Gasteiger partial charge in [-0.05, 0) is 26.6 Å². The second-order valence-electron chi connectivity index (χ2n) is 4.25. The third kappa shape index (κ3) is 4.13.